The molecule has 0 saturated carbocycles. The fourth-order valence-corrected chi connectivity index (χ4v) is 2.42. The van der Waals surface area contributed by atoms with Crippen molar-refractivity contribution in [1.82, 2.24) is 0 Å². The molecule has 0 aliphatic heterocycles. The van der Waals surface area contributed by atoms with E-state index in [0.717, 1.165) is 16.1 Å². The molecule has 112 valence electrons. The standard InChI is InChI=1S/C16H15BrF3N/c1-2-14(11-7-9-12(17)10-8-11)21-15-6-4-3-5-13(15)16(18,19)20/h3-10,14,21H,2H2,1H3. The largest absolute Gasteiger partial charge is 0.418 e. The van der Waals surface area contributed by atoms with Gasteiger partial charge in [-0.1, -0.05) is 47.1 Å². The second-order valence-electron chi connectivity index (χ2n) is 4.70. The molecular weight excluding hydrogens is 343 g/mol. The summed E-state index contributed by atoms with van der Waals surface area (Å²) < 4.78 is 40.0. The van der Waals surface area contributed by atoms with Crippen molar-refractivity contribution < 1.29 is 13.2 Å². The van der Waals surface area contributed by atoms with E-state index in [4.69, 9.17) is 0 Å². The molecule has 21 heavy (non-hydrogen) atoms. The van der Waals surface area contributed by atoms with Crippen LogP contribution in [0.5, 0.6) is 0 Å². The van der Waals surface area contributed by atoms with Crippen molar-refractivity contribution in [1.29, 1.82) is 0 Å². The molecule has 1 atom stereocenters. The van der Waals surface area contributed by atoms with E-state index < -0.39 is 11.7 Å². The van der Waals surface area contributed by atoms with E-state index in [1.54, 1.807) is 6.07 Å². The van der Waals surface area contributed by atoms with E-state index in [-0.39, 0.29) is 11.7 Å². The van der Waals surface area contributed by atoms with Crippen molar-refractivity contribution in [3.05, 3.63) is 64.1 Å². The van der Waals surface area contributed by atoms with Gasteiger partial charge in [-0.3, -0.25) is 0 Å². The van der Waals surface area contributed by atoms with Crippen LogP contribution >= 0.6 is 15.9 Å². The number of alkyl halides is 3. The zero-order valence-electron chi connectivity index (χ0n) is 11.4. The third-order valence-electron chi connectivity index (χ3n) is 3.24. The average molecular weight is 358 g/mol. The minimum Gasteiger partial charge on any atom is -0.378 e. The zero-order valence-corrected chi connectivity index (χ0v) is 13.0. The summed E-state index contributed by atoms with van der Waals surface area (Å²) in [6, 6.07) is 13.0. The van der Waals surface area contributed by atoms with Crippen LogP contribution in [0.1, 0.15) is 30.5 Å². The first-order valence-electron chi connectivity index (χ1n) is 6.60. The third kappa shape index (κ3) is 4.00. The van der Waals surface area contributed by atoms with Crippen LogP contribution in [0.3, 0.4) is 0 Å². The Labute approximate surface area is 130 Å². The Morgan fingerprint density at radius 1 is 1.05 bits per heavy atom. The number of nitrogens with one attached hydrogen (secondary N) is 1. The number of rotatable bonds is 4. The summed E-state index contributed by atoms with van der Waals surface area (Å²) in [6.07, 6.45) is -3.67. The molecule has 0 bridgehead atoms. The first-order chi connectivity index (χ1) is 9.91. The van der Waals surface area contributed by atoms with Crippen LogP contribution in [0.25, 0.3) is 0 Å². The quantitative estimate of drug-likeness (QED) is 0.704. The maximum Gasteiger partial charge on any atom is 0.418 e. The zero-order chi connectivity index (χ0) is 15.5. The Morgan fingerprint density at radius 3 is 2.24 bits per heavy atom. The Bertz CT molecular complexity index is 593. The van der Waals surface area contributed by atoms with Crippen molar-refractivity contribution in [3.63, 3.8) is 0 Å². The van der Waals surface area contributed by atoms with E-state index in [1.807, 2.05) is 31.2 Å². The number of hydrogen-bond acceptors (Lipinski definition) is 1. The molecular formula is C16H15BrF3N. The van der Waals surface area contributed by atoms with E-state index in [1.165, 1.54) is 12.1 Å². The Kier molecular flexibility index (Phi) is 4.93. The Balaban J connectivity index is 2.29. The number of anilines is 1. The van der Waals surface area contributed by atoms with Crippen LogP contribution < -0.4 is 5.32 Å². The Morgan fingerprint density at radius 2 is 1.67 bits per heavy atom. The number of hydrogen-bond donors (Lipinski definition) is 1. The molecule has 0 fully saturated rings. The van der Waals surface area contributed by atoms with Gasteiger partial charge in [0, 0.05) is 10.2 Å². The minimum atomic E-state index is -4.36. The molecule has 1 N–H and O–H groups in total. The maximum absolute atomic E-state index is 13.0. The highest BCUT2D eigenvalue weighted by Gasteiger charge is 2.33. The third-order valence-corrected chi connectivity index (χ3v) is 3.77. The van der Waals surface area contributed by atoms with Gasteiger partial charge in [0.25, 0.3) is 0 Å². The van der Waals surface area contributed by atoms with Crippen molar-refractivity contribution in [2.75, 3.05) is 5.32 Å². The minimum absolute atomic E-state index is 0.111. The molecule has 2 aromatic rings. The van der Waals surface area contributed by atoms with Crippen LogP contribution in [0.4, 0.5) is 18.9 Å². The number of halogens is 4. The van der Waals surface area contributed by atoms with Crippen molar-refractivity contribution in [2.24, 2.45) is 0 Å². The molecule has 1 unspecified atom stereocenters. The highest BCUT2D eigenvalue weighted by atomic mass is 79.9. The number of para-hydroxylation sites is 1. The average Bonchev–Trinajstić information content (AvgIpc) is 2.45. The van der Waals surface area contributed by atoms with Crippen LogP contribution in [0.15, 0.2) is 53.0 Å². The van der Waals surface area contributed by atoms with Crippen LogP contribution in [0.2, 0.25) is 0 Å². The van der Waals surface area contributed by atoms with Gasteiger partial charge in [-0.25, -0.2) is 0 Å². The second-order valence-corrected chi connectivity index (χ2v) is 5.62. The lowest BCUT2D eigenvalue weighted by molar-refractivity contribution is -0.137. The lowest BCUT2D eigenvalue weighted by Gasteiger charge is -2.22. The fraction of sp³-hybridized carbons (Fsp3) is 0.250. The van der Waals surface area contributed by atoms with Gasteiger partial charge in [-0.2, -0.15) is 13.2 Å². The summed E-state index contributed by atoms with van der Waals surface area (Å²) in [5.41, 5.74) is 0.429. The molecule has 0 saturated heterocycles. The van der Waals surface area contributed by atoms with Gasteiger partial charge in [0.05, 0.1) is 11.6 Å². The summed E-state index contributed by atoms with van der Waals surface area (Å²) in [6.45, 7) is 1.94. The molecule has 0 aromatic heterocycles. The number of benzene rings is 2. The molecule has 0 aliphatic carbocycles. The lowest BCUT2D eigenvalue weighted by atomic mass is 10.0. The van der Waals surface area contributed by atoms with E-state index >= 15 is 0 Å². The summed E-state index contributed by atoms with van der Waals surface area (Å²) in [5, 5.41) is 3.00. The molecule has 0 radical (unpaired) electrons. The molecule has 0 heterocycles. The predicted molar refractivity (Wildman–Crippen MR) is 82.2 cm³/mol. The van der Waals surface area contributed by atoms with Gasteiger partial charge in [0.1, 0.15) is 0 Å². The van der Waals surface area contributed by atoms with E-state index in [9.17, 15) is 13.2 Å². The van der Waals surface area contributed by atoms with Crippen molar-refractivity contribution in [2.45, 2.75) is 25.6 Å². The normalized spacial score (nSPS) is 13.0. The summed E-state index contributed by atoms with van der Waals surface area (Å²) >= 11 is 3.35. The van der Waals surface area contributed by atoms with E-state index in [0.29, 0.717) is 6.42 Å². The fourth-order valence-electron chi connectivity index (χ4n) is 2.16. The van der Waals surface area contributed by atoms with Gasteiger partial charge in [-0.15, -0.1) is 0 Å². The van der Waals surface area contributed by atoms with E-state index in [2.05, 4.69) is 21.2 Å². The molecule has 1 nitrogen and oxygen atoms in total. The van der Waals surface area contributed by atoms with Gasteiger partial charge in [0.2, 0.25) is 0 Å². The van der Waals surface area contributed by atoms with Gasteiger partial charge < -0.3 is 5.32 Å². The summed E-state index contributed by atoms with van der Waals surface area (Å²) in [5.74, 6) is 0. The van der Waals surface area contributed by atoms with Crippen LogP contribution in [-0.4, -0.2) is 0 Å². The van der Waals surface area contributed by atoms with Crippen molar-refractivity contribution in [3.8, 4) is 0 Å². The van der Waals surface area contributed by atoms with Crippen LogP contribution in [-0.2, 0) is 6.18 Å². The highest BCUT2D eigenvalue weighted by molar-refractivity contribution is 9.10. The molecule has 5 heteroatoms. The smallest absolute Gasteiger partial charge is 0.378 e. The second kappa shape index (κ2) is 6.52. The van der Waals surface area contributed by atoms with Gasteiger partial charge in [0.15, 0.2) is 0 Å². The van der Waals surface area contributed by atoms with Crippen molar-refractivity contribution >= 4 is 21.6 Å². The molecule has 0 aliphatic rings. The first kappa shape index (κ1) is 15.9. The van der Waals surface area contributed by atoms with Crippen LogP contribution in [0, 0.1) is 0 Å². The lowest BCUT2D eigenvalue weighted by Crippen LogP contribution is -2.14. The predicted octanol–water partition coefficient (Wildman–Crippen LogP) is 6.03. The molecule has 2 rings (SSSR count). The monoisotopic (exact) mass is 357 g/mol. The highest BCUT2D eigenvalue weighted by Crippen LogP contribution is 2.36. The Hall–Kier alpha value is -1.49. The molecule has 0 amide bonds. The SMILES string of the molecule is CCC(Nc1ccccc1C(F)(F)F)c1ccc(Br)cc1. The van der Waals surface area contributed by atoms with Gasteiger partial charge in [-0.05, 0) is 36.2 Å². The molecule has 2 aromatic carbocycles. The topological polar surface area (TPSA) is 12.0 Å². The summed E-state index contributed by atoms with van der Waals surface area (Å²) in [7, 11) is 0. The molecule has 0 spiro atoms. The maximum atomic E-state index is 13.0. The first-order valence-corrected chi connectivity index (χ1v) is 7.39. The summed E-state index contributed by atoms with van der Waals surface area (Å²) in [4.78, 5) is 0. The van der Waals surface area contributed by atoms with Gasteiger partial charge >= 0.3 is 6.18 Å².